The Morgan fingerprint density at radius 2 is 1.87 bits per heavy atom. The fourth-order valence-electron chi connectivity index (χ4n) is 1.09. The molecular weight excluding hydrogens is 200 g/mol. The van der Waals surface area contributed by atoms with E-state index in [0.29, 0.717) is 19.3 Å². The van der Waals surface area contributed by atoms with Crippen LogP contribution >= 0.6 is 0 Å². The van der Waals surface area contributed by atoms with Gasteiger partial charge in [0, 0.05) is 12.8 Å². The van der Waals surface area contributed by atoms with E-state index in [2.05, 4.69) is 0 Å². The van der Waals surface area contributed by atoms with Crippen molar-refractivity contribution in [3.63, 3.8) is 0 Å². The summed E-state index contributed by atoms with van der Waals surface area (Å²) in [6, 6.07) is 0. The smallest absolute Gasteiger partial charge is 0.307 e. The number of aliphatic carboxylic acids is 1. The number of carbonyl (C=O) groups excluding carboxylic acids is 2. The summed E-state index contributed by atoms with van der Waals surface area (Å²) in [6.45, 7) is 0. The second-order valence-electron chi connectivity index (χ2n) is 3.45. The number of carboxylic acid groups (broad SMARTS) is 1. The monoisotopic (exact) mass is 216 g/mol. The number of aldehydes is 1. The zero-order valence-electron chi connectivity index (χ0n) is 8.44. The fourth-order valence-corrected chi connectivity index (χ4v) is 1.09. The van der Waals surface area contributed by atoms with Crippen molar-refractivity contribution in [3.8, 4) is 0 Å². The summed E-state index contributed by atoms with van der Waals surface area (Å²) < 4.78 is 0. The zero-order chi connectivity index (χ0) is 11.9. The van der Waals surface area contributed by atoms with Gasteiger partial charge in [0.1, 0.15) is 11.9 Å². The lowest BCUT2D eigenvalue weighted by atomic mass is 9.98. The second kappa shape index (κ2) is 6.26. The minimum absolute atomic E-state index is 0.105. The molecule has 86 valence electrons. The molecule has 0 aromatic heterocycles. The number of ketones is 1. The first-order chi connectivity index (χ1) is 6.90. The van der Waals surface area contributed by atoms with E-state index in [9.17, 15) is 14.4 Å². The van der Waals surface area contributed by atoms with Gasteiger partial charge in [0.2, 0.25) is 0 Å². The maximum absolute atomic E-state index is 11.4. The first-order valence-electron chi connectivity index (χ1n) is 4.66. The molecule has 6 heteroatoms. The van der Waals surface area contributed by atoms with E-state index in [1.807, 2.05) is 0 Å². The summed E-state index contributed by atoms with van der Waals surface area (Å²) in [4.78, 5) is 31.7. The molecule has 0 saturated carbocycles. The molecule has 0 heterocycles. The van der Waals surface area contributed by atoms with E-state index < -0.39 is 23.8 Å². The molecular formula is C9H16N2O4. The third-order valence-electron chi connectivity index (χ3n) is 1.94. The number of carbonyl (C=O) groups is 3. The number of hydrogen-bond donors (Lipinski definition) is 3. The summed E-state index contributed by atoms with van der Waals surface area (Å²) >= 11 is 0. The fraction of sp³-hybridized carbons (Fsp3) is 0.667. The summed E-state index contributed by atoms with van der Waals surface area (Å²) in [5.41, 5.74) is 8.91. The van der Waals surface area contributed by atoms with Gasteiger partial charge in [-0.1, -0.05) is 0 Å². The quantitative estimate of drug-likeness (QED) is 0.283. The number of carboxylic acids is 1. The van der Waals surface area contributed by atoms with Crippen LogP contribution in [-0.2, 0) is 14.4 Å². The van der Waals surface area contributed by atoms with E-state index in [0.717, 1.165) is 6.29 Å². The highest BCUT2D eigenvalue weighted by Gasteiger charge is 2.30. The van der Waals surface area contributed by atoms with E-state index in [1.165, 1.54) is 0 Å². The molecule has 0 radical (unpaired) electrons. The molecule has 0 aromatic carbocycles. The Bertz CT molecular complexity index is 250. The van der Waals surface area contributed by atoms with Gasteiger partial charge in [-0.05, 0) is 12.8 Å². The SMILES string of the molecule is NC(N)(CC(=O)O)C(=O)CCCCC=O. The average Bonchev–Trinajstić information content (AvgIpc) is 2.10. The van der Waals surface area contributed by atoms with Gasteiger partial charge < -0.3 is 21.4 Å². The predicted molar refractivity (Wildman–Crippen MR) is 52.9 cm³/mol. The normalized spacial score (nSPS) is 11.1. The largest absolute Gasteiger partial charge is 0.481 e. The lowest BCUT2D eigenvalue weighted by molar-refractivity contribution is -0.141. The maximum Gasteiger partial charge on any atom is 0.307 e. The van der Waals surface area contributed by atoms with Gasteiger partial charge in [-0.3, -0.25) is 9.59 Å². The molecule has 0 bridgehead atoms. The molecule has 0 aromatic rings. The highest BCUT2D eigenvalue weighted by Crippen LogP contribution is 2.07. The van der Waals surface area contributed by atoms with Crippen LogP contribution in [0.25, 0.3) is 0 Å². The Morgan fingerprint density at radius 1 is 1.27 bits per heavy atom. The van der Waals surface area contributed by atoms with Crippen LogP contribution in [0.2, 0.25) is 0 Å². The van der Waals surface area contributed by atoms with Crippen LogP contribution in [0.5, 0.6) is 0 Å². The van der Waals surface area contributed by atoms with Crippen molar-refractivity contribution >= 4 is 18.0 Å². The van der Waals surface area contributed by atoms with Crippen molar-refractivity contribution in [2.24, 2.45) is 11.5 Å². The third-order valence-corrected chi connectivity index (χ3v) is 1.94. The van der Waals surface area contributed by atoms with Gasteiger partial charge in [-0.25, -0.2) is 0 Å². The molecule has 0 spiro atoms. The molecule has 0 aliphatic heterocycles. The van der Waals surface area contributed by atoms with Crippen LogP contribution in [0.1, 0.15) is 32.1 Å². The van der Waals surface area contributed by atoms with Crippen LogP contribution in [-0.4, -0.2) is 28.8 Å². The Labute approximate surface area is 87.6 Å². The molecule has 0 aliphatic carbocycles. The average molecular weight is 216 g/mol. The molecule has 0 fully saturated rings. The molecule has 0 saturated heterocycles. The Hall–Kier alpha value is -1.27. The number of Topliss-reactive ketones (excluding diaryl/α,β-unsaturated/α-hetero) is 1. The molecule has 6 nitrogen and oxygen atoms in total. The topological polar surface area (TPSA) is 123 Å². The van der Waals surface area contributed by atoms with Crippen molar-refractivity contribution in [1.82, 2.24) is 0 Å². The minimum atomic E-state index is -1.80. The minimum Gasteiger partial charge on any atom is -0.481 e. The van der Waals surface area contributed by atoms with Crippen molar-refractivity contribution in [2.75, 3.05) is 0 Å². The first kappa shape index (κ1) is 13.7. The van der Waals surface area contributed by atoms with E-state index in [4.69, 9.17) is 16.6 Å². The zero-order valence-corrected chi connectivity index (χ0v) is 8.44. The van der Waals surface area contributed by atoms with Gasteiger partial charge in [0.05, 0.1) is 6.42 Å². The number of rotatable bonds is 8. The molecule has 0 aliphatic rings. The van der Waals surface area contributed by atoms with Gasteiger partial charge in [0.15, 0.2) is 5.78 Å². The molecule has 0 unspecified atom stereocenters. The first-order valence-corrected chi connectivity index (χ1v) is 4.66. The predicted octanol–water partition coefficient (Wildman–Crippen LogP) is -0.597. The van der Waals surface area contributed by atoms with Crippen molar-refractivity contribution < 1.29 is 19.5 Å². The van der Waals surface area contributed by atoms with Crippen molar-refractivity contribution in [1.29, 1.82) is 0 Å². The Balaban J connectivity index is 3.96. The van der Waals surface area contributed by atoms with E-state index >= 15 is 0 Å². The van der Waals surface area contributed by atoms with Crippen LogP contribution in [0.3, 0.4) is 0 Å². The van der Waals surface area contributed by atoms with E-state index in [1.54, 1.807) is 0 Å². The van der Waals surface area contributed by atoms with Crippen LogP contribution in [0, 0.1) is 0 Å². The van der Waals surface area contributed by atoms with Gasteiger partial charge in [0.25, 0.3) is 0 Å². The molecule has 0 atom stereocenters. The van der Waals surface area contributed by atoms with Crippen molar-refractivity contribution in [3.05, 3.63) is 0 Å². The lowest BCUT2D eigenvalue weighted by Gasteiger charge is -2.20. The van der Waals surface area contributed by atoms with E-state index in [-0.39, 0.29) is 6.42 Å². The number of unbranched alkanes of at least 4 members (excludes halogenated alkanes) is 2. The third kappa shape index (κ3) is 5.92. The summed E-state index contributed by atoms with van der Waals surface area (Å²) in [6.07, 6.45) is 1.74. The molecule has 15 heavy (non-hydrogen) atoms. The van der Waals surface area contributed by atoms with Crippen LogP contribution < -0.4 is 11.5 Å². The summed E-state index contributed by atoms with van der Waals surface area (Å²) in [5, 5.41) is 8.45. The van der Waals surface area contributed by atoms with Gasteiger partial charge >= 0.3 is 5.97 Å². The van der Waals surface area contributed by atoms with Gasteiger partial charge in [-0.15, -0.1) is 0 Å². The lowest BCUT2D eigenvalue weighted by Crippen LogP contribution is -2.57. The number of hydrogen-bond acceptors (Lipinski definition) is 5. The van der Waals surface area contributed by atoms with Crippen molar-refractivity contribution in [2.45, 2.75) is 37.8 Å². The Morgan fingerprint density at radius 3 is 2.33 bits per heavy atom. The highest BCUT2D eigenvalue weighted by molar-refractivity contribution is 5.91. The molecule has 0 amide bonds. The molecule has 5 N–H and O–H groups in total. The standard InChI is InChI=1S/C9H16N2O4/c10-9(11,6-8(14)15)7(13)4-2-1-3-5-12/h5H,1-4,6,10-11H2,(H,14,15). The highest BCUT2D eigenvalue weighted by atomic mass is 16.4. The Kier molecular flexibility index (Phi) is 5.73. The van der Waals surface area contributed by atoms with Crippen LogP contribution in [0.15, 0.2) is 0 Å². The maximum atomic E-state index is 11.4. The van der Waals surface area contributed by atoms with Gasteiger partial charge in [-0.2, -0.15) is 0 Å². The number of nitrogens with two attached hydrogens (primary N) is 2. The summed E-state index contributed by atoms with van der Waals surface area (Å²) in [7, 11) is 0. The molecule has 0 rings (SSSR count). The van der Waals surface area contributed by atoms with Crippen LogP contribution in [0.4, 0.5) is 0 Å². The second-order valence-corrected chi connectivity index (χ2v) is 3.45. The summed E-state index contributed by atoms with van der Waals surface area (Å²) in [5.74, 6) is -1.70.